The van der Waals surface area contributed by atoms with Gasteiger partial charge in [0.1, 0.15) is 11.6 Å². The Morgan fingerprint density at radius 2 is 2.06 bits per heavy atom. The standard InChI is InChI=1S/C22H25FN6O2/c1-15-14-28(10-11-31-15)20-13-24-21-26-19(6-9-29(20)21)17-12-16(4-5-18(17)23)25-22(30)27-7-2-3-8-27/h4-6,9,12-13,15H,2-3,7-8,10-11,14H2,1H3,(H,25,30)/t15-/m1/s1. The van der Waals surface area contributed by atoms with E-state index in [1.165, 1.54) is 6.07 Å². The van der Waals surface area contributed by atoms with Crippen LogP contribution in [0.5, 0.6) is 0 Å². The lowest BCUT2D eigenvalue weighted by Gasteiger charge is -2.32. The number of fused-ring (bicyclic) bond motifs is 1. The monoisotopic (exact) mass is 424 g/mol. The molecule has 5 rings (SSSR count). The van der Waals surface area contributed by atoms with Crippen molar-refractivity contribution in [3.05, 3.63) is 42.5 Å². The van der Waals surface area contributed by atoms with Crippen molar-refractivity contribution in [1.82, 2.24) is 19.3 Å². The van der Waals surface area contributed by atoms with E-state index in [-0.39, 0.29) is 12.1 Å². The molecular formula is C22H25FN6O2. The zero-order chi connectivity index (χ0) is 21.4. The van der Waals surface area contributed by atoms with Crippen LogP contribution in [0.1, 0.15) is 19.8 Å². The molecule has 0 aliphatic carbocycles. The number of carbonyl (C=O) groups excluding carboxylic acids is 1. The van der Waals surface area contributed by atoms with E-state index in [9.17, 15) is 9.18 Å². The van der Waals surface area contributed by atoms with Gasteiger partial charge in [0.25, 0.3) is 0 Å². The van der Waals surface area contributed by atoms with Gasteiger partial charge in [-0.05, 0) is 44.0 Å². The van der Waals surface area contributed by atoms with Crippen LogP contribution in [0.15, 0.2) is 36.7 Å². The van der Waals surface area contributed by atoms with Gasteiger partial charge in [-0.15, -0.1) is 0 Å². The SMILES string of the molecule is C[C@@H]1CN(c2cnc3nc(-c4cc(NC(=O)N5CCCC5)ccc4F)ccn23)CCO1. The van der Waals surface area contributed by atoms with E-state index >= 15 is 0 Å². The van der Waals surface area contributed by atoms with Gasteiger partial charge >= 0.3 is 6.03 Å². The summed E-state index contributed by atoms with van der Waals surface area (Å²) >= 11 is 0. The number of likely N-dealkylation sites (tertiary alicyclic amines) is 1. The van der Waals surface area contributed by atoms with E-state index in [0.717, 1.165) is 44.8 Å². The van der Waals surface area contributed by atoms with Crippen molar-refractivity contribution in [2.24, 2.45) is 0 Å². The molecule has 2 saturated heterocycles. The van der Waals surface area contributed by atoms with Gasteiger partial charge in [0.2, 0.25) is 5.78 Å². The van der Waals surface area contributed by atoms with E-state index < -0.39 is 5.82 Å². The van der Waals surface area contributed by atoms with Gasteiger partial charge in [-0.2, -0.15) is 0 Å². The molecule has 9 heteroatoms. The number of urea groups is 1. The first-order chi connectivity index (χ1) is 15.1. The largest absolute Gasteiger partial charge is 0.375 e. The zero-order valence-corrected chi connectivity index (χ0v) is 17.4. The van der Waals surface area contributed by atoms with Crippen LogP contribution in [-0.2, 0) is 4.74 Å². The first-order valence-corrected chi connectivity index (χ1v) is 10.6. The number of imidazole rings is 1. The van der Waals surface area contributed by atoms with Gasteiger partial charge in [-0.1, -0.05) is 0 Å². The number of nitrogens with one attached hydrogen (secondary N) is 1. The summed E-state index contributed by atoms with van der Waals surface area (Å²) in [5.74, 6) is 1.04. The lowest BCUT2D eigenvalue weighted by Crippen LogP contribution is -2.41. The minimum absolute atomic E-state index is 0.152. The number of nitrogens with zero attached hydrogens (tertiary/aromatic N) is 5. The molecule has 2 aliphatic rings. The second kappa shape index (κ2) is 8.14. The molecule has 162 valence electrons. The number of rotatable bonds is 3. The Balaban J connectivity index is 1.41. The lowest BCUT2D eigenvalue weighted by molar-refractivity contribution is 0.0529. The first-order valence-electron chi connectivity index (χ1n) is 10.6. The topological polar surface area (TPSA) is 75.0 Å². The fourth-order valence-corrected chi connectivity index (χ4v) is 4.19. The average Bonchev–Trinajstić information content (AvgIpc) is 3.45. The molecule has 3 aromatic rings. The van der Waals surface area contributed by atoms with Crippen molar-refractivity contribution >= 4 is 23.3 Å². The molecule has 2 amide bonds. The van der Waals surface area contributed by atoms with Crippen LogP contribution in [0.25, 0.3) is 17.0 Å². The van der Waals surface area contributed by atoms with Gasteiger partial charge in [0.05, 0.1) is 24.6 Å². The number of benzene rings is 1. The quantitative estimate of drug-likeness (QED) is 0.698. The molecule has 2 aliphatic heterocycles. The van der Waals surface area contributed by atoms with Crippen LogP contribution < -0.4 is 10.2 Å². The molecule has 8 nitrogen and oxygen atoms in total. The smallest absolute Gasteiger partial charge is 0.321 e. The van der Waals surface area contributed by atoms with Crippen LogP contribution in [0.4, 0.5) is 20.7 Å². The second-order valence-electron chi connectivity index (χ2n) is 8.05. The van der Waals surface area contributed by atoms with Gasteiger partial charge in [-0.3, -0.25) is 4.40 Å². The normalized spacial score (nSPS) is 19.2. The van der Waals surface area contributed by atoms with Gasteiger partial charge in [-0.25, -0.2) is 19.2 Å². The van der Waals surface area contributed by atoms with E-state index in [4.69, 9.17) is 4.74 Å². The number of ether oxygens (including phenoxy) is 1. The number of morpholine rings is 1. The third-order valence-electron chi connectivity index (χ3n) is 5.81. The minimum Gasteiger partial charge on any atom is -0.375 e. The Hall–Kier alpha value is -3.20. The molecule has 31 heavy (non-hydrogen) atoms. The van der Waals surface area contributed by atoms with Gasteiger partial charge < -0.3 is 19.9 Å². The highest BCUT2D eigenvalue weighted by Crippen LogP contribution is 2.27. The summed E-state index contributed by atoms with van der Waals surface area (Å²) in [5, 5.41) is 2.86. The van der Waals surface area contributed by atoms with E-state index in [0.29, 0.717) is 29.3 Å². The Kier molecular flexibility index (Phi) is 5.19. The molecule has 0 saturated carbocycles. The summed E-state index contributed by atoms with van der Waals surface area (Å²) in [6.45, 7) is 5.78. The Morgan fingerprint density at radius 3 is 2.87 bits per heavy atom. The molecule has 1 aromatic carbocycles. The molecular weight excluding hydrogens is 399 g/mol. The predicted molar refractivity (Wildman–Crippen MR) is 116 cm³/mol. The van der Waals surface area contributed by atoms with Crippen LogP contribution >= 0.6 is 0 Å². The van der Waals surface area contributed by atoms with Crippen LogP contribution in [0.2, 0.25) is 0 Å². The van der Waals surface area contributed by atoms with Gasteiger partial charge in [0.15, 0.2) is 0 Å². The third kappa shape index (κ3) is 3.93. The number of aromatic nitrogens is 3. The fourth-order valence-electron chi connectivity index (χ4n) is 4.19. The fraction of sp³-hybridized carbons (Fsp3) is 0.409. The van der Waals surface area contributed by atoms with Crippen molar-refractivity contribution < 1.29 is 13.9 Å². The van der Waals surface area contributed by atoms with Crippen molar-refractivity contribution in [2.75, 3.05) is 43.0 Å². The minimum atomic E-state index is -0.398. The first kappa shape index (κ1) is 19.7. The highest BCUT2D eigenvalue weighted by Gasteiger charge is 2.21. The summed E-state index contributed by atoms with van der Waals surface area (Å²) in [7, 11) is 0. The van der Waals surface area contributed by atoms with Crippen LogP contribution in [0.3, 0.4) is 0 Å². The van der Waals surface area contributed by atoms with Gasteiger partial charge in [0, 0.05) is 43.6 Å². The average molecular weight is 424 g/mol. The zero-order valence-electron chi connectivity index (χ0n) is 17.4. The Morgan fingerprint density at radius 1 is 1.23 bits per heavy atom. The molecule has 2 fully saturated rings. The van der Waals surface area contributed by atoms with E-state index in [2.05, 4.69) is 20.2 Å². The van der Waals surface area contributed by atoms with Crippen LogP contribution in [-0.4, -0.2) is 64.2 Å². The van der Waals surface area contributed by atoms with E-state index in [1.807, 2.05) is 17.5 Å². The number of anilines is 2. The molecule has 1 N–H and O–H groups in total. The number of hydrogen-bond acceptors (Lipinski definition) is 5. The summed E-state index contributed by atoms with van der Waals surface area (Å²) < 4.78 is 22.1. The number of hydrogen-bond donors (Lipinski definition) is 1. The molecule has 0 bridgehead atoms. The molecule has 0 spiro atoms. The van der Waals surface area contributed by atoms with Crippen LogP contribution in [0, 0.1) is 5.82 Å². The molecule has 4 heterocycles. The van der Waals surface area contributed by atoms with Crippen molar-refractivity contribution in [1.29, 1.82) is 0 Å². The molecule has 0 unspecified atom stereocenters. The Labute approximate surface area is 179 Å². The summed E-state index contributed by atoms with van der Waals surface area (Å²) in [4.78, 5) is 25.4. The predicted octanol–water partition coefficient (Wildman–Crippen LogP) is 3.39. The van der Waals surface area contributed by atoms with E-state index in [1.54, 1.807) is 29.3 Å². The highest BCUT2D eigenvalue weighted by atomic mass is 19.1. The molecule has 0 radical (unpaired) electrons. The second-order valence-corrected chi connectivity index (χ2v) is 8.05. The number of carbonyl (C=O) groups is 1. The summed E-state index contributed by atoms with van der Waals surface area (Å²) in [6, 6.07) is 6.16. The lowest BCUT2D eigenvalue weighted by atomic mass is 10.1. The maximum absolute atomic E-state index is 14.6. The number of amides is 2. The number of halogens is 1. The maximum Gasteiger partial charge on any atom is 0.321 e. The Bertz CT molecular complexity index is 1110. The third-order valence-corrected chi connectivity index (χ3v) is 5.81. The summed E-state index contributed by atoms with van der Waals surface area (Å²) in [6.07, 6.45) is 5.82. The molecule has 2 aromatic heterocycles. The highest BCUT2D eigenvalue weighted by molar-refractivity contribution is 5.90. The molecule has 1 atom stereocenters. The van der Waals surface area contributed by atoms with Crippen molar-refractivity contribution in [3.63, 3.8) is 0 Å². The summed E-state index contributed by atoms with van der Waals surface area (Å²) in [5.41, 5.74) is 1.34. The van der Waals surface area contributed by atoms with Crippen molar-refractivity contribution in [2.45, 2.75) is 25.9 Å². The van der Waals surface area contributed by atoms with Crippen molar-refractivity contribution in [3.8, 4) is 11.3 Å². The maximum atomic E-state index is 14.6.